The van der Waals surface area contributed by atoms with E-state index < -0.39 is 27.7 Å². The molecule has 0 saturated heterocycles. The molecule has 0 aliphatic carbocycles. The molecule has 0 atom stereocenters. The molecule has 0 bridgehead atoms. The van der Waals surface area contributed by atoms with E-state index in [-0.39, 0.29) is 22.0 Å². The van der Waals surface area contributed by atoms with Crippen LogP contribution in [0.4, 0.5) is 24.5 Å². The van der Waals surface area contributed by atoms with Crippen LogP contribution in [0.25, 0.3) is 0 Å². The van der Waals surface area contributed by atoms with E-state index in [1.807, 2.05) is 0 Å². The lowest BCUT2D eigenvalue weighted by molar-refractivity contribution is -0.137. The molecule has 0 heterocycles. The minimum Gasteiger partial charge on any atom is -0.322 e. The lowest BCUT2D eigenvalue weighted by Gasteiger charge is -2.11. The second kappa shape index (κ2) is 6.93. The van der Waals surface area contributed by atoms with E-state index in [1.54, 1.807) is 0 Å². The van der Waals surface area contributed by atoms with Gasteiger partial charge in [-0.3, -0.25) is 9.52 Å². The molecule has 0 unspecified atom stereocenters. The topological polar surface area (TPSA) is 75.3 Å². The number of anilines is 2. The highest BCUT2D eigenvalue weighted by molar-refractivity contribution is 7.92. The number of rotatable bonds is 4. The highest BCUT2D eigenvalue weighted by atomic mass is 35.5. The Morgan fingerprint density at radius 1 is 1.08 bits per heavy atom. The van der Waals surface area contributed by atoms with E-state index in [1.165, 1.54) is 24.3 Å². The van der Waals surface area contributed by atoms with E-state index in [0.717, 1.165) is 24.5 Å². The van der Waals surface area contributed by atoms with Crippen molar-refractivity contribution in [3.8, 4) is 0 Å². The molecule has 0 fully saturated rings. The summed E-state index contributed by atoms with van der Waals surface area (Å²) >= 11 is 5.91. The summed E-state index contributed by atoms with van der Waals surface area (Å²) < 4.78 is 62.8. The summed E-state index contributed by atoms with van der Waals surface area (Å²) in [6.07, 6.45) is -3.61. The number of sulfonamides is 1. The van der Waals surface area contributed by atoms with Crippen LogP contribution in [0.5, 0.6) is 0 Å². The zero-order valence-electron chi connectivity index (χ0n) is 12.7. The summed E-state index contributed by atoms with van der Waals surface area (Å²) in [5.74, 6) is -0.776. The van der Waals surface area contributed by atoms with Gasteiger partial charge in [0.05, 0.1) is 22.4 Å². The zero-order chi connectivity index (χ0) is 18.8. The maximum atomic E-state index is 12.7. The van der Waals surface area contributed by atoms with Crippen LogP contribution < -0.4 is 10.0 Å². The molecule has 2 aromatic carbocycles. The Morgan fingerprint density at radius 3 is 2.36 bits per heavy atom. The Labute approximate surface area is 146 Å². The van der Waals surface area contributed by atoms with Crippen LogP contribution >= 0.6 is 11.6 Å². The van der Waals surface area contributed by atoms with Crippen molar-refractivity contribution in [1.29, 1.82) is 0 Å². The number of amides is 1. The minimum absolute atomic E-state index is 0.0172. The van der Waals surface area contributed by atoms with E-state index in [4.69, 9.17) is 11.6 Å². The van der Waals surface area contributed by atoms with Gasteiger partial charge in [0.1, 0.15) is 0 Å². The first kappa shape index (κ1) is 19.1. The monoisotopic (exact) mass is 392 g/mol. The van der Waals surface area contributed by atoms with Crippen molar-refractivity contribution in [3.63, 3.8) is 0 Å². The van der Waals surface area contributed by atoms with Gasteiger partial charge in [-0.25, -0.2) is 8.42 Å². The largest absolute Gasteiger partial charge is 0.416 e. The van der Waals surface area contributed by atoms with Crippen molar-refractivity contribution in [3.05, 3.63) is 58.6 Å². The molecule has 0 spiro atoms. The number of hydrogen-bond acceptors (Lipinski definition) is 3. The molecule has 0 aromatic heterocycles. The molecule has 0 aliphatic rings. The summed E-state index contributed by atoms with van der Waals surface area (Å²) in [5.41, 5.74) is -0.977. The Kier molecular flexibility index (Phi) is 5.28. The quantitative estimate of drug-likeness (QED) is 0.826. The molecule has 0 aliphatic heterocycles. The summed E-state index contributed by atoms with van der Waals surface area (Å²) in [4.78, 5) is 12.3. The second-order valence-corrected chi connectivity index (χ2v) is 7.26. The van der Waals surface area contributed by atoms with Crippen LogP contribution in [0.3, 0.4) is 0 Å². The third kappa shape index (κ3) is 5.36. The standard InChI is InChI=1S/C15H12ClF3N2O3S/c1-25(23,24)21-11-5-6-13(16)12(8-11)14(22)20-10-4-2-3-9(7-10)15(17,18)19/h2-8,21H,1H3,(H,20,22). The second-order valence-electron chi connectivity index (χ2n) is 5.10. The molecule has 0 saturated carbocycles. The van der Waals surface area contributed by atoms with Gasteiger partial charge in [0, 0.05) is 11.4 Å². The maximum Gasteiger partial charge on any atom is 0.416 e. The number of alkyl halides is 3. The van der Waals surface area contributed by atoms with Gasteiger partial charge in [-0.15, -0.1) is 0 Å². The fourth-order valence-corrected chi connectivity index (χ4v) is 2.71. The van der Waals surface area contributed by atoms with Crippen molar-refractivity contribution in [2.75, 3.05) is 16.3 Å². The van der Waals surface area contributed by atoms with Crippen molar-refractivity contribution in [2.45, 2.75) is 6.18 Å². The molecule has 0 radical (unpaired) electrons. The highest BCUT2D eigenvalue weighted by Crippen LogP contribution is 2.31. The number of halogens is 4. The van der Waals surface area contributed by atoms with Crippen LogP contribution in [0.2, 0.25) is 5.02 Å². The number of nitrogens with one attached hydrogen (secondary N) is 2. The number of benzene rings is 2. The van der Waals surface area contributed by atoms with E-state index in [2.05, 4.69) is 10.0 Å². The van der Waals surface area contributed by atoms with E-state index in [9.17, 15) is 26.4 Å². The average Bonchev–Trinajstić information content (AvgIpc) is 2.47. The van der Waals surface area contributed by atoms with Gasteiger partial charge in [0.15, 0.2) is 0 Å². The van der Waals surface area contributed by atoms with Gasteiger partial charge >= 0.3 is 6.18 Å². The number of carbonyl (C=O) groups excluding carboxylic acids is 1. The Morgan fingerprint density at radius 2 is 1.76 bits per heavy atom. The van der Waals surface area contributed by atoms with Gasteiger partial charge in [-0.05, 0) is 36.4 Å². The Bertz CT molecular complexity index is 914. The van der Waals surface area contributed by atoms with E-state index in [0.29, 0.717) is 0 Å². The number of carbonyl (C=O) groups is 1. The molecular weight excluding hydrogens is 381 g/mol. The third-order valence-electron chi connectivity index (χ3n) is 2.96. The van der Waals surface area contributed by atoms with E-state index >= 15 is 0 Å². The molecule has 1 amide bonds. The van der Waals surface area contributed by atoms with Gasteiger partial charge in [0.25, 0.3) is 5.91 Å². The van der Waals surface area contributed by atoms with Gasteiger partial charge in [-0.1, -0.05) is 17.7 Å². The Balaban J connectivity index is 2.28. The van der Waals surface area contributed by atoms with Gasteiger partial charge < -0.3 is 5.32 Å². The van der Waals surface area contributed by atoms with Crippen LogP contribution in [0.1, 0.15) is 15.9 Å². The third-order valence-corrected chi connectivity index (χ3v) is 3.90. The van der Waals surface area contributed by atoms with Crippen LogP contribution in [0.15, 0.2) is 42.5 Å². The first-order valence-electron chi connectivity index (χ1n) is 6.72. The van der Waals surface area contributed by atoms with Gasteiger partial charge in [0.2, 0.25) is 10.0 Å². The minimum atomic E-state index is -4.54. The SMILES string of the molecule is CS(=O)(=O)Nc1ccc(Cl)c(C(=O)Nc2cccc(C(F)(F)F)c2)c1. The van der Waals surface area contributed by atoms with Crippen molar-refractivity contribution in [1.82, 2.24) is 0 Å². The molecule has 5 nitrogen and oxygen atoms in total. The van der Waals surface area contributed by atoms with Crippen LogP contribution in [-0.2, 0) is 16.2 Å². The summed E-state index contributed by atoms with van der Waals surface area (Å²) in [6, 6.07) is 7.94. The highest BCUT2D eigenvalue weighted by Gasteiger charge is 2.30. The number of hydrogen-bond donors (Lipinski definition) is 2. The maximum absolute atomic E-state index is 12.7. The first-order chi connectivity index (χ1) is 11.5. The van der Waals surface area contributed by atoms with Crippen molar-refractivity contribution >= 4 is 38.9 Å². The van der Waals surface area contributed by atoms with Crippen molar-refractivity contribution in [2.24, 2.45) is 0 Å². The lowest BCUT2D eigenvalue weighted by Crippen LogP contribution is -2.15. The molecule has 2 rings (SSSR count). The zero-order valence-corrected chi connectivity index (χ0v) is 14.3. The summed E-state index contributed by atoms with van der Waals surface area (Å²) in [5, 5.41) is 2.32. The average molecular weight is 393 g/mol. The predicted octanol–water partition coefficient (Wildman–Crippen LogP) is 3.98. The summed E-state index contributed by atoms with van der Waals surface area (Å²) in [7, 11) is -3.56. The van der Waals surface area contributed by atoms with Crippen molar-refractivity contribution < 1.29 is 26.4 Å². The lowest BCUT2D eigenvalue weighted by atomic mass is 10.1. The molecular formula is C15H12ClF3N2O3S. The molecule has 134 valence electrons. The predicted molar refractivity (Wildman–Crippen MR) is 89.3 cm³/mol. The normalized spacial score (nSPS) is 11.9. The fourth-order valence-electron chi connectivity index (χ4n) is 1.95. The fraction of sp³-hybridized carbons (Fsp3) is 0.133. The smallest absolute Gasteiger partial charge is 0.322 e. The Hall–Kier alpha value is -2.26. The molecule has 10 heteroatoms. The molecule has 2 N–H and O–H groups in total. The summed E-state index contributed by atoms with van der Waals surface area (Å²) in [6.45, 7) is 0. The van der Waals surface area contributed by atoms with Crippen LogP contribution in [0, 0.1) is 0 Å². The molecule has 25 heavy (non-hydrogen) atoms. The first-order valence-corrected chi connectivity index (χ1v) is 8.98. The van der Waals surface area contributed by atoms with Gasteiger partial charge in [-0.2, -0.15) is 13.2 Å². The molecule has 2 aromatic rings. The van der Waals surface area contributed by atoms with Crippen LogP contribution in [-0.4, -0.2) is 20.6 Å².